The maximum Gasteiger partial charge on any atom is 0.325 e. The molecule has 0 saturated carbocycles. The van der Waals surface area contributed by atoms with Gasteiger partial charge in [0.2, 0.25) is 0 Å². The summed E-state index contributed by atoms with van der Waals surface area (Å²) in [6, 6.07) is 9.69. The number of alkyl halides is 1. The van der Waals surface area contributed by atoms with Crippen LogP contribution in [0.5, 0.6) is 0 Å². The van der Waals surface area contributed by atoms with Gasteiger partial charge in [0, 0.05) is 0 Å². The summed E-state index contributed by atoms with van der Waals surface area (Å²) in [4.78, 5) is 11.7. The van der Waals surface area contributed by atoms with Crippen LogP contribution < -0.4 is 10.9 Å². The monoisotopic (exact) mass is 298 g/mol. The number of halogens is 1. The van der Waals surface area contributed by atoms with Crippen LogP contribution in [0.4, 0.5) is 0 Å². The molecule has 0 amide bonds. The minimum atomic E-state index is -0.361. The molecular weight excluding hydrogens is 284 g/mol. The molecule has 0 aromatic heterocycles. The first-order valence-corrected chi connectivity index (χ1v) is 6.52. The lowest BCUT2D eigenvalue weighted by Crippen LogP contribution is -2.40. The van der Waals surface area contributed by atoms with Crippen LogP contribution in [0.2, 0.25) is 0 Å². The zero-order chi connectivity index (χ0) is 12.3. The van der Waals surface area contributed by atoms with Crippen LogP contribution in [-0.2, 0) is 9.53 Å². The highest BCUT2D eigenvalue weighted by atomic mass is 79.9. The maximum atomic E-state index is 11.7. The minimum absolute atomic E-state index is 0.0241. The molecule has 4 nitrogen and oxygen atoms in total. The second-order valence-corrected chi connectivity index (χ2v) is 4.91. The lowest BCUT2D eigenvalue weighted by molar-refractivity contribution is -0.145. The molecule has 1 aromatic carbocycles. The molecule has 0 radical (unpaired) electrons. The summed E-state index contributed by atoms with van der Waals surface area (Å²) in [6.45, 7) is 2.20. The highest BCUT2D eigenvalue weighted by molar-refractivity contribution is 9.09. The molecule has 92 valence electrons. The van der Waals surface area contributed by atoms with E-state index in [1.54, 1.807) is 6.92 Å². The number of rotatable bonds is 3. The average Bonchev–Trinajstić information content (AvgIpc) is 2.72. The standard InChI is InChI=1S/C12H15BrN2O2/c1-2-17-12(16)11-9(13)10(14-15-11)8-6-4-3-5-7-8/h3-7,9-11,14-15H,2H2,1H3. The molecule has 5 heteroatoms. The van der Waals surface area contributed by atoms with Gasteiger partial charge in [-0.05, 0) is 12.5 Å². The number of benzene rings is 1. The van der Waals surface area contributed by atoms with Gasteiger partial charge < -0.3 is 4.74 Å². The molecule has 3 unspecified atom stereocenters. The normalized spacial score (nSPS) is 28.0. The molecule has 0 bridgehead atoms. The molecule has 2 N–H and O–H groups in total. The van der Waals surface area contributed by atoms with Crippen molar-refractivity contribution in [2.24, 2.45) is 0 Å². The van der Waals surface area contributed by atoms with E-state index in [1.807, 2.05) is 30.3 Å². The Balaban J connectivity index is 2.07. The van der Waals surface area contributed by atoms with E-state index in [4.69, 9.17) is 4.74 Å². The summed E-state index contributed by atoms with van der Waals surface area (Å²) < 4.78 is 5.01. The van der Waals surface area contributed by atoms with E-state index < -0.39 is 0 Å². The smallest absolute Gasteiger partial charge is 0.325 e. The van der Waals surface area contributed by atoms with Crippen molar-refractivity contribution in [1.82, 2.24) is 10.9 Å². The largest absolute Gasteiger partial charge is 0.465 e. The molecule has 1 aliphatic rings. The van der Waals surface area contributed by atoms with Crippen LogP contribution >= 0.6 is 15.9 Å². The fourth-order valence-corrected chi connectivity index (χ4v) is 2.67. The van der Waals surface area contributed by atoms with Crippen molar-refractivity contribution in [2.75, 3.05) is 6.61 Å². The summed E-state index contributed by atoms with van der Waals surface area (Å²) in [5, 5.41) is 0. The van der Waals surface area contributed by atoms with Crippen molar-refractivity contribution in [3.63, 3.8) is 0 Å². The summed E-state index contributed by atoms with van der Waals surface area (Å²) in [6.07, 6.45) is 0. The van der Waals surface area contributed by atoms with Crippen molar-refractivity contribution in [3.8, 4) is 0 Å². The van der Waals surface area contributed by atoms with Gasteiger partial charge in [-0.3, -0.25) is 4.79 Å². The van der Waals surface area contributed by atoms with Gasteiger partial charge in [0.25, 0.3) is 0 Å². The fraction of sp³-hybridized carbons (Fsp3) is 0.417. The highest BCUT2D eigenvalue weighted by Gasteiger charge is 2.39. The summed E-state index contributed by atoms with van der Waals surface area (Å²) in [5.74, 6) is -0.236. The average molecular weight is 299 g/mol. The van der Waals surface area contributed by atoms with Gasteiger partial charge in [0.05, 0.1) is 17.5 Å². The second kappa shape index (κ2) is 5.62. The van der Waals surface area contributed by atoms with Crippen LogP contribution in [0, 0.1) is 0 Å². The van der Waals surface area contributed by atoms with Gasteiger partial charge in [-0.1, -0.05) is 46.3 Å². The first-order valence-electron chi connectivity index (χ1n) is 5.60. The molecule has 3 atom stereocenters. The van der Waals surface area contributed by atoms with Crippen LogP contribution in [-0.4, -0.2) is 23.4 Å². The van der Waals surface area contributed by atoms with Gasteiger partial charge in [-0.15, -0.1) is 0 Å². The fourth-order valence-electron chi connectivity index (χ4n) is 1.88. The number of hydrazine groups is 1. The van der Waals surface area contributed by atoms with Gasteiger partial charge >= 0.3 is 5.97 Å². The van der Waals surface area contributed by atoms with E-state index >= 15 is 0 Å². The Morgan fingerprint density at radius 1 is 1.35 bits per heavy atom. The van der Waals surface area contributed by atoms with E-state index in [0.717, 1.165) is 5.56 Å². The van der Waals surface area contributed by atoms with Gasteiger partial charge in [-0.25, -0.2) is 10.9 Å². The molecule has 1 aliphatic heterocycles. The lowest BCUT2D eigenvalue weighted by atomic mass is 10.0. The Morgan fingerprint density at radius 2 is 2.06 bits per heavy atom. The zero-order valence-electron chi connectivity index (χ0n) is 9.52. The first-order chi connectivity index (χ1) is 8.24. The number of ether oxygens (including phenoxy) is 1. The Kier molecular flexibility index (Phi) is 4.15. The molecule has 17 heavy (non-hydrogen) atoms. The minimum Gasteiger partial charge on any atom is -0.465 e. The van der Waals surface area contributed by atoms with Gasteiger partial charge in [-0.2, -0.15) is 0 Å². The van der Waals surface area contributed by atoms with E-state index in [-0.39, 0.29) is 22.9 Å². The Hall–Kier alpha value is -0.910. The number of nitrogens with one attached hydrogen (secondary N) is 2. The van der Waals surface area contributed by atoms with E-state index in [2.05, 4.69) is 26.8 Å². The predicted octanol–water partition coefficient (Wildman–Crippen LogP) is 1.53. The van der Waals surface area contributed by atoms with Crippen molar-refractivity contribution >= 4 is 21.9 Å². The maximum absolute atomic E-state index is 11.7. The van der Waals surface area contributed by atoms with Crippen molar-refractivity contribution in [1.29, 1.82) is 0 Å². The van der Waals surface area contributed by atoms with Crippen molar-refractivity contribution < 1.29 is 9.53 Å². The summed E-state index contributed by atoms with van der Waals surface area (Å²) in [5.41, 5.74) is 7.22. The molecular formula is C12H15BrN2O2. The number of carbonyl (C=O) groups is 1. The summed E-state index contributed by atoms with van der Waals surface area (Å²) in [7, 11) is 0. The van der Waals surface area contributed by atoms with Crippen LogP contribution in [0.25, 0.3) is 0 Å². The number of carbonyl (C=O) groups excluding carboxylic acids is 1. The van der Waals surface area contributed by atoms with E-state index in [9.17, 15) is 4.79 Å². The van der Waals surface area contributed by atoms with Crippen LogP contribution in [0.1, 0.15) is 18.5 Å². The zero-order valence-corrected chi connectivity index (χ0v) is 11.1. The molecule has 2 rings (SSSR count). The Morgan fingerprint density at radius 3 is 2.71 bits per heavy atom. The highest BCUT2D eigenvalue weighted by Crippen LogP contribution is 2.29. The third-order valence-electron chi connectivity index (χ3n) is 2.73. The van der Waals surface area contributed by atoms with Crippen LogP contribution in [0.3, 0.4) is 0 Å². The van der Waals surface area contributed by atoms with Gasteiger partial charge in [0.1, 0.15) is 6.04 Å². The van der Waals surface area contributed by atoms with Crippen molar-refractivity contribution in [2.45, 2.75) is 23.8 Å². The Bertz CT molecular complexity index is 385. The molecule has 1 saturated heterocycles. The molecule has 1 aromatic rings. The summed E-state index contributed by atoms with van der Waals surface area (Å²) >= 11 is 3.55. The lowest BCUT2D eigenvalue weighted by Gasteiger charge is -2.16. The third-order valence-corrected chi connectivity index (χ3v) is 3.79. The Labute approximate surface area is 109 Å². The van der Waals surface area contributed by atoms with E-state index in [1.165, 1.54) is 0 Å². The number of hydrogen-bond acceptors (Lipinski definition) is 4. The quantitative estimate of drug-likeness (QED) is 0.656. The van der Waals surface area contributed by atoms with Gasteiger partial charge in [0.15, 0.2) is 0 Å². The van der Waals surface area contributed by atoms with E-state index in [0.29, 0.717) is 6.61 Å². The van der Waals surface area contributed by atoms with Crippen LogP contribution in [0.15, 0.2) is 30.3 Å². The third kappa shape index (κ3) is 2.68. The molecule has 1 fully saturated rings. The topological polar surface area (TPSA) is 50.4 Å². The molecule has 1 heterocycles. The number of hydrogen-bond donors (Lipinski definition) is 2. The molecule has 0 aliphatic carbocycles. The second-order valence-electron chi connectivity index (χ2n) is 3.85. The van der Waals surface area contributed by atoms with Crippen molar-refractivity contribution in [3.05, 3.63) is 35.9 Å². The number of esters is 1. The SMILES string of the molecule is CCOC(=O)C1NNC(c2ccccc2)C1Br. The first kappa shape index (κ1) is 12.5. The predicted molar refractivity (Wildman–Crippen MR) is 68.6 cm³/mol. The molecule has 0 spiro atoms.